The van der Waals surface area contributed by atoms with Gasteiger partial charge in [-0.1, -0.05) is 0 Å². The SMILES string of the molecule is O=C(NCCCN1CCOCC1)Nc1ccc(=O)[nH]n1. The summed E-state index contributed by atoms with van der Waals surface area (Å²) >= 11 is 0. The summed E-state index contributed by atoms with van der Waals surface area (Å²) in [7, 11) is 0. The summed E-state index contributed by atoms with van der Waals surface area (Å²) in [5.41, 5.74) is -0.304. The molecule has 0 unspecified atom stereocenters. The normalized spacial score (nSPS) is 15.8. The van der Waals surface area contributed by atoms with Gasteiger partial charge in [0.25, 0.3) is 5.56 Å². The third kappa shape index (κ3) is 4.98. The van der Waals surface area contributed by atoms with Crippen LogP contribution in [0.3, 0.4) is 0 Å². The first-order valence-electron chi connectivity index (χ1n) is 6.65. The Labute approximate surface area is 116 Å². The number of morpholine rings is 1. The average molecular weight is 281 g/mol. The maximum atomic E-state index is 11.6. The Morgan fingerprint density at radius 3 is 2.90 bits per heavy atom. The molecule has 1 fully saturated rings. The highest BCUT2D eigenvalue weighted by molar-refractivity contribution is 5.87. The Bertz CT molecular complexity index is 464. The number of rotatable bonds is 5. The third-order valence-electron chi connectivity index (χ3n) is 2.96. The fourth-order valence-electron chi connectivity index (χ4n) is 1.90. The molecule has 8 nitrogen and oxygen atoms in total. The lowest BCUT2D eigenvalue weighted by atomic mass is 10.3. The van der Waals surface area contributed by atoms with Crippen molar-refractivity contribution in [3.8, 4) is 0 Å². The van der Waals surface area contributed by atoms with Crippen molar-refractivity contribution >= 4 is 11.8 Å². The number of carbonyl (C=O) groups excluding carboxylic acids is 1. The number of nitrogens with zero attached hydrogens (tertiary/aromatic N) is 2. The largest absolute Gasteiger partial charge is 0.379 e. The highest BCUT2D eigenvalue weighted by Crippen LogP contribution is 1.98. The predicted molar refractivity (Wildman–Crippen MR) is 73.8 cm³/mol. The highest BCUT2D eigenvalue weighted by atomic mass is 16.5. The summed E-state index contributed by atoms with van der Waals surface area (Å²) in [6.07, 6.45) is 0.881. The van der Waals surface area contributed by atoms with E-state index in [1.807, 2.05) is 0 Å². The quantitative estimate of drug-likeness (QED) is 0.639. The van der Waals surface area contributed by atoms with Gasteiger partial charge in [-0.3, -0.25) is 15.0 Å². The van der Waals surface area contributed by atoms with Gasteiger partial charge in [-0.25, -0.2) is 9.89 Å². The van der Waals surface area contributed by atoms with Gasteiger partial charge in [-0.2, -0.15) is 5.10 Å². The van der Waals surface area contributed by atoms with Gasteiger partial charge in [-0.05, 0) is 19.0 Å². The lowest BCUT2D eigenvalue weighted by molar-refractivity contribution is 0.0375. The monoisotopic (exact) mass is 281 g/mol. The van der Waals surface area contributed by atoms with Crippen LogP contribution in [0.1, 0.15) is 6.42 Å². The van der Waals surface area contributed by atoms with Crippen LogP contribution in [-0.2, 0) is 4.74 Å². The van der Waals surface area contributed by atoms with Gasteiger partial charge in [0, 0.05) is 25.7 Å². The average Bonchev–Trinajstić information content (AvgIpc) is 2.47. The predicted octanol–water partition coefficient (Wildman–Crippen LogP) is -0.386. The molecule has 20 heavy (non-hydrogen) atoms. The molecule has 0 aliphatic carbocycles. The van der Waals surface area contributed by atoms with E-state index in [2.05, 4.69) is 25.7 Å². The molecule has 0 aromatic carbocycles. The number of anilines is 1. The van der Waals surface area contributed by atoms with Crippen molar-refractivity contribution < 1.29 is 9.53 Å². The van der Waals surface area contributed by atoms with Gasteiger partial charge in [0.2, 0.25) is 0 Å². The summed E-state index contributed by atoms with van der Waals surface area (Å²) in [6, 6.07) is 2.43. The van der Waals surface area contributed by atoms with Crippen molar-refractivity contribution in [2.45, 2.75) is 6.42 Å². The molecular weight excluding hydrogens is 262 g/mol. The Kier molecular flexibility index (Phi) is 5.51. The second kappa shape index (κ2) is 7.61. The number of H-pyrrole nitrogens is 1. The zero-order valence-corrected chi connectivity index (χ0v) is 11.2. The van der Waals surface area contributed by atoms with Crippen LogP contribution in [0, 0.1) is 0 Å². The Balaban J connectivity index is 1.60. The van der Waals surface area contributed by atoms with Crippen molar-refractivity contribution in [1.82, 2.24) is 20.4 Å². The number of nitrogens with one attached hydrogen (secondary N) is 3. The smallest absolute Gasteiger partial charge is 0.320 e. The third-order valence-corrected chi connectivity index (χ3v) is 2.96. The van der Waals surface area contributed by atoms with Crippen molar-refractivity contribution in [3.05, 3.63) is 22.5 Å². The molecule has 2 rings (SSSR count). The Morgan fingerprint density at radius 1 is 1.40 bits per heavy atom. The summed E-state index contributed by atoms with van der Waals surface area (Å²) in [4.78, 5) is 24.7. The molecule has 1 aliphatic rings. The number of hydrogen-bond donors (Lipinski definition) is 3. The minimum Gasteiger partial charge on any atom is -0.379 e. The van der Waals surface area contributed by atoms with Crippen molar-refractivity contribution in [2.75, 3.05) is 44.7 Å². The van der Waals surface area contributed by atoms with Crippen LogP contribution in [0.25, 0.3) is 0 Å². The number of amides is 2. The maximum Gasteiger partial charge on any atom is 0.320 e. The van der Waals surface area contributed by atoms with Crippen LogP contribution >= 0.6 is 0 Å². The number of urea groups is 1. The Hall–Kier alpha value is -1.93. The lowest BCUT2D eigenvalue weighted by Crippen LogP contribution is -2.38. The van der Waals surface area contributed by atoms with Crippen LogP contribution in [0.5, 0.6) is 0 Å². The van der Waals surface area contributed by atoms with Crippen LogP contribution < -0.4 is 16.2 Å². The summed E-state index contributed by atoms with van der Waals surface area (Å²) in [5.74, 6) is 0.315. The van der Waals surface area contributed by atoms with E-state index in [0.717, 1.165) is 39.3 Å². The fourth-order valence-corrected chi connectivity index (χ4v) is 1.90. The molecule has 0 saturated carbocycles. The van der Waals surface area contributed by atoms with Gasteiger partial charge >= 0.3 is 6.03 Å². The minimum atomic E-state index is -0.327. The molecule has 1 aromatic rings. The molecule has 110 valence electrons. The molecule has 3 N–H and O–H groups in total. The van der Waals surface area contributed by atoms with Crippen LogP contribution in [0.4, 0.5) is 10.6 Å². The number of aromatic amines is 1. The number of carbonyl (C=O) groups is 1. The van der Waals surface area contributed by atoms with Crippen LogP contribution in [0.15, 0.2) is 16.9 Å². The summed E-state index contributed by atoms with van der Waals surface area (Å²) < 4.78 is 5.27. The van der Waals surface area contributed by atoms with E-state index < -0.39 is 0 Å². The van der Waals surface area contributed by atoms with E-state index in [-0.39, 0.29) is 11.6 Å². The Morgan fingerprint density at radius 2 is 2.20 bits per heavy atom. The van der Waals surface area contributed by atoms with E-state index in [1.165, 1.54) is 12.1 Å². The topological polar surface area (TPSA) is 99.4 Å². The molecule has 0 spiro atoms. The van der Waals surface area contributed by atoms with Gasteiger partial charge < -0.3 is 10.1 Å². The van der Waals surface area contributed by atoms with Crippen molar-refractivity contribution in [1.29, 1.82) is 0 Å². The molecule has 8 heteroatoms. The lowest BCUT2D eigenvalue weighted by Gasteiger charge is -2.26. The molecule has 2 heterocycles. The zero-order chi connectivity index (χ0) is 14.2. The second-order valence-corrected chi connectivity index (χ2v) is 4.49. The van der Waals surface area contributed by atoms with Gasteiger partial charge in [-0.15, -0.1) is 0 Å². The van der Waals surface area contributed by atoms with Gasteiger partial charge in [0.1, 0.15) is 0 Å². The first-order chi connectivity index (χ1) is 9.74. The van der Waals surface area contributed by atoms with Gasteiger partial charge in [0.05, 0.1) is 13.2 Å². The van der Waals surface area contributed by atoms with Crippen molar-refractivity contribution in [2.24, 2.45) is 0 Å². The van der Waals surface area contributed by atoms with E-state index in [1.54, 1.807) is 0 Å². The second-order valence-electron chi connectivity index (χ2n) is 4.49. The van der Waals surface area contributed by atoms with Crippen LogP contribution in [-0.4, -0.2) is 60.5 Å². The fraction of sp³-hybridized carbons (Fsp3) is 0.583. The van der Waals surface area contributed by atoms with E-state index in [4.69, 9.17) is 4.74 Å². The van der Waals surface area contributed by atoms with Crippen LogP contribution in [0.2, 0.25) is 0 Å². The molecule has 1 aromatic heterocycles. The molecular formula is C12H19N5O3. The van der Waals surface area contributed by atoms with E-state index in [9.17, 15) is 9.59 Å². The molecule has 0 radical (unpaired) electrons. The zero-order valence-electron chi connectivity index (χ0n) is 11.2. The standard InChI is InChI=1S/C12H19N5O3/c18-11-3-2-10(15-16-11)14-12(19)13-4-1-5-17-6-8-20-9-7-17/h2-3H,1,4-9H2,(H,16,18)(H2,13,14,15,19). The molecule has 2 amide bonds. The first kappa shape index (κ1) is 14.5. The molecule has 0 atom stereocenters. The first-order valence-corrected chi connectivity index (χ1v) is 6.65. The number of hydrogen-bond acceptors (Lipinski definition) is 5. The molecule has 1 aliphatic heterocycles. The molecule has 0 bridgehead atoms. The van der Waals surface area contributed by atoms with Crippen molar-refractivity contribution in [3.63, 3.8) is 0 Å². The summed E-state index contributed by atoms with van der Waals surface area (Å²) in [5, 5.41) is 11.2. The highest BCUT2D eigenvalue weighted by Gasteiger charge is 2.09. The minimum absolute atomic E-state index is 0.304. The maximum absolute atomic E-state index is 11.6. The number of aromatic nitrogens is 2. The summed E-state index contributed by atoms with van der Waals surface area (Å²) in [6.45, 7) is 5.01. The van der Waals surface area contributed by atoms with Gasteiger partial charge in [0.15, 0.2) is 5.82 Å². The number of ether oxygens (including phenoxy) is 1. The molecule has 1 saturated heterocycles. The van der Waals surface area contributed by atoms with E-state index in [0.29, 0.717) is 12.4 Å². The van der Waals surface area contributed by atoms with E-state index >= 15 is 0 Å².